The molecule has 2 atom stereocenters. The van der Waals surface area contributed by atoms with Gasteiger partial charge in [0, 0.05) is 0 Å². The van der Waals surface area contributed by atoms with Gasteiger partial charge in [-0.25, -0.2) is 9.98 Å². The maximum atomic E-state index is 6.38. The molecule has 2 aliphatic heterocycles. The largest absolute Gasteiger partial charge is 0.478 e. The van der Waals surface area contributed by atoms with Crippen molar-refractivity contribution in [3.05, 3.63) is 0 Å². The molecule has 0 aromatic rings. The number of hydrogen-bond acceptors (Lipinski definition) is 6. The van der Waals surface area contributed by atoms with Gasteiger partial charge < -0.3 is 18.3 Å². The van der Waals surface area contributed by atoms with Crippen LogP contribution in [0.3, 0.4) is 0 Å². The second-order valence-electron chi connectivity index (χ2n) is 11.8. The first-order chi connectivity index (χ1) is 12.8. The van der Waals surface area contributed by atoms with E-state index in [4.69, 9.17) is 28.3 Å². The van der Waals surface area contributed by atoms with Crippen LogP contribution >= 0.6 is 0 Å². The molecule has 0 radical (unpaired) electrons. The van der Waals surface area contributed by atoms with E-state index in [1.54, 1.807) is 0 Å². The van der Waals surface area contributed by atoms with Gasteiger partial charge in [-0.15, -0.1) is 0 Å². The van der Waals surface area contributed by atoms with E-state index in [2.05, 4.69) is 80.8 Å². The molecule has 0 aliphatic carbocycles. The van der Waals surface area contributed by atoms with Gasteiger partial charge in [-0.3, -0.25) is 0 Å². The molecule has 0 fully saturated rings. The smallest absolute Gasteiger partial charge is 0.199 e. The van der Waals surface area contributed by atoms with Crippen molar-refractivity contribution < 1.29 is 18.3 Å². The Labute approximate surface area is 179 Å². The molecule has 0 spiro atoms. The van der Waals surface area contributed by atoms with Crippen LogP contribution in [0.15, 0.2) is 9.98 Å². The zero-order valence-corrected chi connectivity index (χ0v) is 22.6. The Kier molecular flexibility index (Phi) is 6.58. The molecule has 0 saturated carbocycles. The van der Waals surface area contributed by atoms with Crippen LogP contribution < -0.4 is 0 Å². The van der Waals surface area contributed by atoms with E-state index >= 15 is 0 Å². The van der Waals surface area contributed by atoms with E-state index in [0.29, 0.717) is 25.0 Å². The highest BCUT2D eigenvalue weighted by Gasteiger charge is 2.47. The van der Waals surface area contributed by atoms with Crippen molar-refractivity contribution in [3.63, 3.8) is 0 Å². The van der Waals surface area contributed by atoms with Gasteiger partial charge in [-0.2, -0.15) is 0 Å². The van der Waals surface area contributed by atoms with E-state index in [1.807, 2.05) is 0 Å². The molecule has 8 heteroatoms. The summed E-state index contributed by atoms with van der Waals surface area (Å²) in [4.78, 5) is 9.83. The topological polar surface area (TPSA) is 61.6 Å². The molecule has 0 aromatic heterocycles. The van der Waals surface area contributed by atoms with Crippen molar-refractivity contribution in [2.75, 3.05) is 13.2 Å². The van der Waals surface area contributed by atoms with Crippen LogP contribution in [0.2, 0.25) is 39.3 Å². The van der Waals surface area contributed by atoms with Crippen LogP contribution in [0.25, 0.3) is 0 Å². The first-order valence-electron chi connectivity index (χ1n) is 10.7. The zero-order chi connectivity index (χ0) is 22.5. The summed E-state index contributed by atoms with van der Waals surface area (Å²) >= 11 is 0. The van der Waals surface area contributed by atoms with Gasteiger partial charge in [0.25, 0.3) is 0 Å². The third-order valence-corrected chi connectivity index (χ3v) is 7.39. The van der Waals surface area contributed by atoms with Gasteiger partial charge in [0.2, 0.25) is 0 Å². The minimum atomic E-state index is -1.69. The number of nitrogens with zero attached hydrogens (tertiary/aromatic N) is 2. The number of rotatable bonds is 8. The van der Waals surface area contributed by atoms with E-state index in [1.165, 1.54) is 0 Å². The molecule has 2 heterocycles. The van der Waals surface area contributed by atoms with E-state index in [0.717, 1.165) is 0 Å². The molecule has 2 aliphatic rings. The molecule has 0 aromatic carbocycles. The van der Waals surface area contributed by atoms with Crippen LogP contribution in [0.5, 0.6) is 0 Å². The Morgan fingerprint density at radius 3 is 1.28 bits per heavy atom. The fraction of sp³-hybridized carbons (Fsp3) is 0.905. The van der Waals surface area contributed by atoms with Gasteiger partial charge in [0.15, 0.2) is 28.4 Å². The fourth-order valence-electron chi connectivity index (χ4n) is 3.95. The normalized spacial score (nSPS) is 24.1. The second-order valence-corrected chi connectivity index (χ2v) is 20.6. The average molecular weight is 443 g/mol. The third kappa shape index (κ3) is 6.15. The molecule has 168 valence electrons. The first kappa shape index (κ1) is 24.6. The highest BCUT2D eigenvalue weighted by atomic mass is 28.4. The summed E-state index contributed by atoms with van der Waals surface area (Å²) in [5, 5.41) is 0. The molecular weight excluding hydrogens is 400 g/mol. The van der Waals surface area contributed by atoms with E-state index in [9.17, 15) is 0 Å². The van der Waals surface area contributed by atoms with Crippen LogP contribution in [0.4, 0.5) is 0 Å². The van der Waals surface area contributed by atoms with Crippen LogP contribution in [0, 0.1) is 5.41 Å². The van der Waals surface area contributed by atoms with Crippen LogP contribution in [-0.4, -0.2) is 64.9 Å². The summed E-state index contributed by atoms with van der Waals surface area (Å²) in [6.45, 7) is 26.8. The minimum Gasteiger partial charge on any atom is -0.478 e. The lowest BCUT2D eigenvalue weighted by Crippen LogP contribution is -2.46. The molecule has 6 nitrogen and oxygen atoms in total. The predicted molar refractivity (Wildman–Crippen MR) is 125 cm³/mol. The molecule has 2 rings (SSSR count). The second kappa shape index (κ2) is 7.77. The Morgan fingerprint density at radius 1 is 0.690 bits per heavy atom. The summed E-state index contributed by atoms with van der Waals surface area (Å²) in [6, 6.07) is -0.0686. The summed E-state index contributed by atoms with van der Waals surface area (Å²) in [5.74, 6) is 1.36. The lowest BCUT2D eigenvalue weighted by Gasteiger charge is -2.35. The average Bonchev–Trinajstić information content (AvgIpc) is 3.13. The lowest BCUT2D eigenvalue weighted by molar-refractivity contribution is 0.0612. The van der Waals surface area contributed by atoms with E-state index < -0.39 is 22.0 Å². The summed E-state index contributed by atoms with van der Waals surface area (Å²) in [6.07, 6.45) is 0. The van der Waals surface area contributed by atoms with Gasteiger partial charge in [-0.05, 0) is 80.8 Å². The Bertz CT molecular complexity index is 617. The van der Waals surface area contributed by atoms with Crippen molar-refractivity contribution in [1.82, 2.24) is 0 Å². The van der Waals surface area contributed by atoms with Crippen molar-refractivity contribution in [3.8, 4) is 0 Å². The highest BCUT2D eigenvalue weighted by Crippen LogP contribution is 2.35. The third-order valence-electron chi connectivity index (χ3n) is 5.11. The first-order valence-corrected chi connectivity index (χ1v) is 17.5. The van der Waals surface area contributed by atoms with Crippen LogP contribution in [0.1, 0.15) is 41.5 Å². The molecule has 29 heavy (non-hydrogen) atoms. The molecule has 0 amide bonds. The SMILES string of the molecule is CC(C)(C1=N[C@@H](C(C)(C)O[Si](C)(C)C)CO1)C1=N[C@@H](C(C)(C)O[Si](C)(C)C)CO1. The monoisotopic (exact) mass is 442 g/mol. The van der Waals surface area contributed by atoms with Gasteiger partial charge in [0.05, 0.1) is 11.2 Å². The summed E-state index contributed by atoms with van der Waals surface area (Å²) < 4.78 is 24.9. The van der Waals surface area contributed by atoms with Crippen molar-refractivity contribution in [2.24, 2.45) is 15.4 Å². The van der Waals surface area contributed by atoms with Crippen molar-refractivity contribution in [2.45, 2.75) is 104 Å². The van der Waals surface area contributed by atoms with Crippen molar-refractivity contribution in [1.29, 1.82) is 0 Å². The van der Waals surface area contributed by atoms with Crippen molar-refractivity contribution >= 4 is 28.4 Å². The quantitative estimate of drug-likeness (QED) is 0.503. The lowest BCUT2D eigenvalue weighted by atomic mass is 9.92. The number of hydrogen-bond donors (Lipinski definition) is 0. The van der Waals surface area contributed by atoms with Gasteiger partial charge >= 0.3 is 0 Å². The van der Waals surface area contributed by atoms with E-state index in [-0.39, 0.29) is 23.3 Å². The molecule has 0 unspecified atom stereocenters. The Morgan fingerprint density at radius 2 is 1.00 bits per heavy atom. The fourth-order valence-corrected chi connectivity index (χ4v) is 7.38. The maximum absolute atomic E-state index is 6.38. The number of aliphatic imine (C=N–C) groups is 2. The summed E-state index contributed by atoms with van der Waals surface area (Å²) in [7, 11) is -3.37. The molecule has 0 N–H and O–H groups in total. The predicted octanol–water partition coefficient (Wildman–Crippen LogP) is 4.87. The Balaban J connectivity index is 2.19. The molecule has 0 saturated heterocycles. The van der Waals surface area contributed by atoms with Gasteiger partial charge in [-0.1, -0.05) is 0 Å². The zero-order valence-electron chi connectivity index (χ0n) is 20.6. The Hall–Kier alpha value is -0.706. The van der Waals surface area contributed by atoms with Crippen LogP contribution in [-0.2, 0) is 18.3 Å². The molecule has 0 bridgehead atoms. The standard InChI is InChI=1S/C21H42N2O4Si2/c1-19(2,17-22-15(13-24-17)20(3,4)26-28(7,8)9)18-23-16(14-25-18)21(5,6)27-29(10,11)12/h15-16H,13-14H2,1-12H3/t15-,16-/m1/s1. The number of ether oxygens (including phenoxy) is 2. The summed E-state index contributed by atoms with van der Waals surface area (Å²) in [5.41, 5.74) is -1.25. The molecular formula is C21H42N2O4Si2. The van der Waals surface area contributed by atoms with Gasteiger partial charge in [0.1, 0.15) is 30.7 Å². The highest BCUT2D eigenvalue weighted by molar-refractivity contribution is 6.70. The minimum absolute atomic E-state index is 0.0343. The maximum Gasteiger partial charge on any atom is 0.199 e.